The van der Waals surface area contributed by atoms with Gasteiger partial charge in [-0.2, -0.15) is 13.2 Å². The average molecular weight is 474 g/mol. The summed E-state index contributed by atoms with van der Waals surface area (Å²) < 4.78 is 52.0. The van der Waals surface area contributed by atoms with Gasteiger partial charge in [0.2, 0.25) is 0 Å². The van der Waals surface area contributed by atoms with Gasteiger partial charge in [0.25, 0.3) is 5.91 Å². The van der Waals surface area contributed by atoms with Gasteiger partial charge in [0.15, 0.2) is 23.8 Å². The monoisotopic (exact) mass is 474 g/mol. The fraction of sp³-hybridized carbons (Fsp3) is 0.375. The minimum absolute atomic E-state index is 0.178. The standard InChI is InChI=1S/C24H25F3N4O3/c1-3-5-16-7-9-19(20(12-16)33-2)34-15-22(32)30-11-4-6-17(13-30)23-29-28-21-10-8-18(14-31(21)23)24(25,26)27/h3,7-10,12,14,17H,1,4-6,11,13,15H2,2H3. The largest absolute Gasteiger partial charge is 0.493 e. The molecule has 1 aliphatic rings. The molecule has 7 nitrogen and oxygen atoms in total. The summed E-state index contributed by atoms with van der Waals surface area (Å²) in [5, 5.41) is 8.13. The van der Waals surface area contributed by atoms with Crippen LogP contribution in [0.25, 0.3) is 5.65 Å². The Labute approximate surface area is 194 Å². The number of piperidine rings is 1. The summed E-state index contributed by atoms with van der Waals surface area (Å²) in [6.07, 6.45) is 0.411. The second kappa shape index (κ2) is 9.74. The maximum atomic E-state index is 13.2. The van der Waals surface area contributed by atoms with E-state index in [4.69, 9.17) is 9.47 Å². The summed E-state index contributed by atoms with van der Waals surface area (Å²) in [5.74, 6) is 0.953. The molecular weight excluding hydrogens is 449 g/mol. The molecule has 0 saturated carbocycles. The molecule has 0 radical (unpaired) electrons. The number of hydrogen-bond donors (Lipinski definition) is 0. The molecule has 0 bridgehead atoms. The van der Waals surface area contributed by atoms with Crippen molar-refractivity contribution < 1.29 is 27.4 Å². The molecule has 1 atom stereocenters. The van der Waals surface area contributed by atoms with Crippen LogP contribution in [0.3, 0.4) is 0 Å². The van der Waals surface area contributed by atoms with Crippen molar-refractivity contribution in [2.75, 3.05) is 26.8 Å². The number of rotatable bonds is 7. The molecule has 1 aromatic carbocycles. The second-order valence-corrected chi connectivity index (χ2v) is 8.15. The van der Waals surface area contributed by atoms with Gasteiger partial charge in [0.1, 0.15) is 5.82 Å². The Hall–Kier alpha value is -3.56. The van der Waals surface area contributed by atoms with Gasteiger partial charge in [-0.15, -0.1) is 16.8 Å². The molecule has 0 aliphatic carbocycles. The van der Waals surface area contributed by atoms with Crippen LogP contribution in [-0.2, 0) is 17.4 Å². The molecule has 10 heteroatoms. The predicted octanol–water partition coefficient (Wildman–Crippen LogP) is 4.27. The predicted molar refractivity (Wildman–Crippen MR) is 119 cm³/mol. The first kappa shape index (κ1) is 23.6. The van der Waals surface area contributed by atoms with Crippen LogP contribution in [0.1, 0.15) is 35.7 Å². The summed E-state index contributed by atoms with van der Waals surface area (Å²) in [4.78, 5) is 14.5. The van der Waals surface area contributed by atoms with Gasteiger partial charge < -0.3 is 14.4 Å². The molecule has 1 aliphatic heterocycles. The van der Waals surface area contributed by atoms with Crippen LogP contribution in [-0.4, -0.2) is 52.2 Å². The highest BCUT2D eigenvalue weighted by atomic mass is 19.4. The summed E-state index contributed by atoms with van der Waals surface area (Å²) in [7, 11) is 1.53. The van der Waals surface area contributed by atoms with Gasteiger partial charge in [0, 0.05) is 25.2 Å². The van der Waals surface area contributed by atoms with Crippen molar-refractivity contribution in [3.63, 3.8) is 0 Å². The molecule has 3 heterocycles. The highest BCUT2D eigenvalue weighted by Crippen LogP contribution is 2.32. The average Bonchev–Trinajstić information content (AvgIpc) is 3.26. The van der Waals surface area contributed by atoms with E-state index in [2.05, 4.69) is 16.8 Å². The van der Waals surface area contributed by atoms with Gasteiger partial charge in [0.05, 0.1) is 12.7 Å². The SMILES string of the molecule is C=CCc1ccc(OCC(=O)N2CCCC(c3nnc4ccc(C(F)(F)F)cn34)C2)c(OC)c1. The molecule has 3 aromatic rings. The number of amides is 1. The highest BCUT2D eigenvalue weighted by molar-refractivity contribution is 5.78. The molecule has 0 N–H and O–H groups in total. The number of aromatic nitrogens is 3. The number of carbonyl (C=O) groups excluding carboxylic acids is 1. The summed E-state index contributed by atoms with van der Waals surface area (Å²) >= 11 is 0. The molecule has 34 heavy (non-hydrogen) atoms. The molecule has 0 spiro atoms. The first-order valence-electron chi connectivity index (χ1n) is 10.9. The molecule has 1 unspecified atom stereocenters. The number of ether oxygens (including phenoxy) is 2. The van der Waals surface area contributed by atoms with Crippen LogP contribution in [0.15, 0.2) is 49.2 Å². The molecule has 1 saturated heterocycles. The van der Waals surface area contributed by atoms with Gasteiger partial charge in [-0.25, -0.2) is 0 Å². The van der Waals surface area contributed by atoms with Crippen molar-refractivity contribution in [1.29, 1.82) is 0 Å². The van der Waals surface area contributed by atoms with Crippen molar-refractivity contribution in [2.45, 2.75) is 31.4 Å². The number of benzene rings is 1. The molecular formula is C24H25F3N4O3. The van der Waals surface area contributed by atoms with Crippen molar-refractivity contribution >= 4 is 11.6 Å². The number of pyridine rings is 1. The van der Waals surface area contributed by atoms with Crippen LogP contribution in [0.5, 0.6) is 11.5 Å². The van der Waals surface area contributed by atoms with Crippen molar-refractivity contribution in [2.24, 2.45) is 0 Å². The van der Waals surface area contributed by atoms with E-state index >= 15 is 0 Å². The number of alkyl halides is 3. The maximum absolute atomic E-state index is 13.2. The summed E-state index contributed by atoms with van der Waals surface area (Å²) in [6, 6.07) is 7.76. The van der Waals surface area contributed by atoms with E-state index in [9.17, 15) is 18.0 Å². The zero-order chi connectivity index (χ0) is 24.3. The third kappa shape index (κ3) is 5.00. The lowest BCUT2D eigenvalue weighted by molar-refractivity contribution is -0.138. The van der Waals surface area contributed by atoms with E-state index in [-0.39, 0.29) is 18.4 Å². The van der Waals surface area contributed by atoms with Crippen LogP contribution in [0.4, 0.5) is 13.2 Å². The Morgan fingerprint density at radius 1 is 1.24 bits per heavy atom. The number of hydrogen-bond acceptors (Lipinski definition) is 5. The lowest BCUT2D eigenvalue weighted by atomic mass is 9.97. The maximum Gasteiger partial charge on any atom is 0.417 e. The Balaban J connectivity index is 1.45. The lowest BCUT2D eigenvalue weighted by Gasteiger charge is -2.32. The summed E-state index contributed by atoms with van der Waals surface area (Å²) in [5.41, 5.74) is 0.576. The zero-order valence-electron chi connectivity index (χ0n) is 18.7. The number of allylic oxidation sites excluding steroid dienone is 1. The van der Waals surface area contributed by atoms with E-state index in [1.54, 1.807) is 17.0 Å². The van der Waals surface area contributed by atoms with Crippen LogP contribution < -0.4 is 9.47 Å². The molecule has 1 fully saturated rings. The van der Waals surface area contributed by atoms with Crippen molar-refractivity contribution in [1.82, 2.24) is 19.5 Å². The van der Waals surface area contributed by atoms with E-state index in [0.29, 0.717) is 55.3 Å². The van der Waals surface area contributed by atoms with Crippen molar-refractivity contribution in [3.05, 3.63) is 66.1 Å². The van der Waals surface area contributed by atoms with E-state index < -0.39 is 11.7 Å². The first-order chi connectivity index (χ1) is 16.3. The van der Waals surface area contributed by atoms with Gasteiger partial charge in [-0.3, -0.25) is 9.20 Å². The van der Waals surface area contributed by atoms with E-state index in [0.717, 1.165) is 17.8 Å². The minimum atomic E-state index is -4.47. The number of carbonyl (C=O) groups is 1. The number of likely N-dealkylation sites (tertiary alicyclic amines) is 1. The fourth-order valence-electron chi connectivity index (χ4n) is 4.12. The van der Waals surface area contributed by atoms with Crippen LogP contribution >= 0.6 is 0 Å². The third-order valence-electron chi connectivity index (χ3n) is 5.85. The molecule has 4 rings (SSSR count). The normalized spacial score (nSPS) is 16.5. The molecule has 2 aromatic heterocycles. The number of fused-ring (bicyclic) bond motifs is 1. The van der Waals surface area contributed by atoms with Crippen LogP contribution in [0.2, 0.25) is 0 Å². The number of nitrogens with zero attached hydrogens (tertiary/aromatic N) is 4. The van der Waals surface area contributed by atoms with Gasteiger partial charge >= 0.3 is 6.18 Å². The number of halogens is 3. The molecule has 180 valence electrons. The topological polar surface area (TPSA) is 69.0 Å². The Kier molecular flexibility index (Phi) is 6.76. The molecule has 1 amide bonds. The highest BCUT2D eigenvalue weighted by Gasteiger charge is 2.33. The Morgan fingerprint density at radius 2 is 2.06 bits per heavy atom. The zero-order valence-corrected chi connectivity index (χ0v) is 18.7. The van der Waals surface area contributed by atoms with Crippen LogP contribution in [0, 0.1) is 0 Å². The quantitative estimate of drug-likeness (QED) is 0.479. The second-order valence-electron chi connectivity index (χ2n) is 8.15. The summed E-state index contributed by atoms with van der Waals surface area (Å²) in [6.45, 7) is 4.41. The van der Waals surface area contributed by atoms with E-state index in [1.165, 1.54) is 17.6 Å². The fourth-order valence-corrected chi connectivity index (χ4v) is 4.12. The van der Waals surface area contributed by atoms with E-state index in [1.807, 2.05) is 12.1 Å². The lowest BCUT2D eigenvalue weighted by Crippen LogP contribution is -2.42. The number of methoxy groups -OCH3 is 1. The third-order valence-corrected chi connectivity index (χ3v) is 5.85. The van der Waals surface area contributed by atoms with Gasteiger partial charge in [-0.05, 0) is 49.1 Å². The smallest absolute Gasteiger partial charge is 0.417 e. The Morgan fingerprint density at radius 3 is 2.79 bits per heavy atom. The Bertz CT molecular complexity index is 1190. The first-order valence-corrected chi connectivity index (χ1v) is 10.9. The van der Waals surface area contributed by atoms with Crippen molar-refractivity contribution in [3.8, 4) is 11.5 Å². The van der Waals surface area contributed by atoms with Gasteiger partial charge in [-0.1, -0.05) is 12.1 Å². The minimum Gasteiger partial charge on any atom is -0.493 e.